The largest absolute Gasteiger partial charge is 0.204 e. The van der Waals surface area contributed by atoms with E-state index in [0.29, 0.717) is 11.8 Å². The molecule has 0 atom stereocenters. The molecule has 1 aromatic rings. The second kappa shape index (κ2) is 8.48. The normalized spacial score (nSPS) is 22.2. The third kappa shape index (κ3) is 4.80. The number of benzene rings is 1. The maximum absolute atomic E-state index is 13.3. The highest BCUT2D eigenvalue weighted by Crippen LogP contribution is 2.37. The van der Waals surface area contributed by atoms with E-state index in [-0.39, 0.29) is 0 Å². The van der Waals surface area contributed by atoms with E-state index in [4.69, 9.17) is 5.26 Å². The van der Waals surface area contributed by atoms with Gasteiger partial charge in [0.15, 0.2) is 11.6 Å². The van der Waals surface area contributed by atoms with Gasteiger partial charge >= 0.3 is 0 Å². The second-order valence-electron chi connectivity index (χ2n) is 5.88. The van der Waals surface area contributed by atoms with Crippen LogP contribution in [0.25, 0.3) is 0 Å². The molecule has 22 heavy (non-hydrogen) atoms. The van der Waals surface area contributed by atoms with Crippen LogP contribution in [0.5, 0.6) is 0 Å². The average molecular weight is 301 g/mol. The van der Waals surface area contributed by atoms with Crippen molar-refractivity contribution in [2.45, 2.75) is 44.4 Å². The predicted molar refractivity (Wildman–Crippen MR) is 84.2 cm³/mol. The van der Waals surface area contributed by atoms with Gasteiger partial charge in [0.2, 0.25) is 0 Å². The summed E-state index contributed by atoms with van der Waals surface area (Å²) < 4.78 is 26.3. The number of nitrogens with zero attached hydrogens (tertiary/aromatic N) is 1. The summed E-state index contributed by atoms with van der Waals surface area (Å²) >= 11 is 0. The van der Waals surface area contributed by atoms with E-state index in [2.05, 4.69) is 6.08 Å². The van der Waals surface area contributed by atoms with E-state index in [1.54, 1.807) is 12.1 Å². The molecule has 0 spiro atoms. The van der Waals surface area contributed by atoms with E-state index in [9.17, 15) is 8.78 Å². The first-order chi connectivity index (χ1) is 10.7. The third-order valence-corrected chi connectivity index (χ3v) is 4.42. The molecule has 0 amide bonds. The lowest BCUT2D eigenvalue weighted by Gasteiger charge is -2.28. The number of rotatable bonds is 5. The summed E-state index contributed by atoms with van der Waals surface area (Å²) in [6.07, 6.45) is 13.8. The number of halogens is 2. The van der Waals surface area contributed by atoms with Crippen molar-refractivity contribution < 1.29 is 8.78 Å². The van der Waals surface area contributed by atoms with Crippen LogP contribution >= 0.6 is 0 Å². The zero-order valence-electron chi connectivity index (χ0n) is 12.6. The van der Waals surface area contributed by atoms with Gasteiger partial charge < -0.3 is 0 Å². The summed E-state index contributed by atoms with van der Waals surface area (Å²) in [7, 11) is 0. The second-order valence-corrected chi connectivity index (χ2v) is 5.88. The van der Waals surface area contributed by atoms with Crippen molar-refractivity contribution in [2.24, 2.45) is 5.92 Å². The number of hydrogen-bond donors (Lipinski definition) is 0. The van der Waals surface area contributed by atoms with Crippen LogP contribution in [0.15, 0.2) is 42.5 Å². The summed E-state index contributed by atoms with van der Waals surface area (Å²) in [4.78, 5) is 0. The fourth-order valence-corrected chi connectivity index (χ4v) is 3.16. The van der Waals surface area contributed by atoms with Gasteiger partial charge in [-0.2, -0.15) is 5.26 Å². The standard InChI is InChI=1S/C19H21F2N/c20-18-12-11-17(14-19(18)21)16-9-7-15(8-10-16)6-4-2-1-3-5-13-22/h1-3,5,11-12,14-16H,4,6-10H2. The molecule has 0 heterocycles. The molecular formula is C19H21F2N. The lowest BCUT2D eigenvalue weighted by atomic mass is 9.77. The van der Waals surface area contributed by atoms with Crippen molar-refractivity contribution in [3.8, 4) is 6.07 Å². The summed E-state index contributed by atoms with van der Waals surface area (Å²) in [5.41, 5.74) is 0.930. The van der Waals surface area contributed by atoms with Crippen molar-refractivity contribution in [3.63, 3.8) is 0 Å². The molecule has 0 N–H and O–H groups in total. The zero-order chi connectivity index (χ0) is 15.8. The van der Waals surface area contributed by atoms with E-state index < -0.39 is 11.6 Å². The maximum Gasteiger partial charge on any atom is 0.159 e. The highest BCUT2D eigenvalue weighted by atomic mass is 19.2. The quantitative estimate of drug-likeness (QED) is 0.509. The fourth-order valence-electron chi connectivity index (χ4n) is 3.16. The Bertz CT molecular complexity index is 576. The molecule has 1 saturated carbocycles. The third-order valence-electron chi connectivity index (χ3n) is 4.42. The monoisotopic (exact) mass is 301 g/mol. The Labute approximate surface area is 131 Å². The highest BCUT2D eigenvalue weighted by Gasteiger charge is 2.22. The van der Waals surface area contributed by atoms with E-state index in [1.807, 2.05) is 12.1 Å². The van der Waals surface area contributed by atoms with Gasteiger partial charge in [-0.1, -0.05) is 24.3 Å². The molecule has 1 aromatic carbocycles. The van der Waals surface area contributed by atoms with Crippen molar-refractivity contribution in [2.75, 3.05) is 0 Å². The zero-order valence-corrected chi connectivity index (χ0v) is 12.6. The Hall–Kier alpha value is -1.95. The molecule has 116 valence electrons. The molecule has 0 unspecified atom stereocenters. The Morgan fingerprint density at radius 1 is 1.09 bits per heavy atom. The van der Waals surface area contributed by atoms with Crippen LogP contribution in [0.4, 0.5) is 8.78 Å². The van der Waals surface area contributed by atoms with Gasteiger partial charge in [0.1, 0.15) is 0 Å². The van der Waals surface area contributed by atoms with Crippen molar-refractivity contribution >= 4 is 0 Å². The summed E-state index contributed by atoms with van der Waals surface area (Å²) in [5.74, 6) is -0.434. The minimum atomic E-state index is -0.769. The van der Waals surface area contributed by atoms with Gasteiger partial charge in [0.25, 0.3) is 0 Å². The van der Waals surface area contributed by atoms with Gasteiger partial charge in [0.05, 0.1) is 6.07 Å². The highest BCUT2D eigenvalue weighted by molar-refractivity contribution is 5.22. The molecule has 1 aliphatic carbocycles. The topological polar surface area (TPSA) is 23.8 Å². The van der Waals surface area contributed by atoms with Crippen molar-refractivity contribution in [3.05, 3.63) is 59.7 Å². The molecule has 2 rings (SSSR count). The fraction of sp³-hybridized carbons (Fsp3) is 0.421. The Morgan fingerprint density at radius 3 is 2.55 bits per heavy atom. The molecule has 1 nitrogen and oxygen atoms in total. The van der Waals surface area contributed by atoms with Gasteiger partial charge in [-0.3, -0.25) is 0 Å². The van der Waals surface area contributed by atoms with Crippen LogP contribution in [0, 0.1) is 28.9 Å². The number of allylic oxidation sites excluding steroid dienone is 4. The smallest absolute Gasteiger partial charge is 0.159 e. The van der Waals surface area contributed by atoms with Gasteiger partial charge in [-0.25, -0.2) is 8.78 Å². The molecule has 1 fully saturated rings. The maximum atomic E-state index is 13.3. The van der Waals surface area contributed by atoms with Gasteiger partial charge in [-0.05, 0) is 68.1 Å². The molecule has 0 radical (unpaired) electrons. The first kappa shape index (κ1) is 16.4. The van der Waals surface area contributed by atoms with E-state index >= 15 is 0 Å². The predicted octanol–water partition coefficient (Wildman–Crippen LogP) is 5.65. The molecule has 3 heteroatoms. The summed E-state index contributed by atoms with van der Waals surface area (Å²) in [5, 5.41) is 8.36. The molecule has 0 aromatic heterocycles. The average Bonchev–Trinajstić information content (AvgIpc) is 2.54. The van der Waals surface area contributed by atoms with Gasteiger partial charge in [0, 0.05) is 6.08 Å². The Morgan fingerprint density at radius 2 is 1.86 bits per heavy atom. The van der Waals surface area contributed by atoms with Crippen LogP contribution in [-0.2, 0) is 0 Å². The SMILES string of the molecule is N#CC=CC=CCCC1CCC(c2ccc(F)c(F)c2)CC1. The van der Waals surface area contributed by atoms with Crippen LogP contribution in [-0.4, -0.2) is 0 Å². The first-order valence-corrected chi connectivity index (χ1v) is 7.87. The Balaban J connectivity index is 1.76. The first-order valence-electron chi connectivity index (χ1n) is 7.87. The van der Waals surface area contributed by atoms with Crippen LogP contribution < -0.4 is 0 Å². The van der Waals surface area contributed by atoms with Crippen molar-refractivity contribution in [1.82, 2.24) is 0 Å². The molecule has 0 aliphatic heterocycles. The van der Waals surface area contributed by atoms with E-state index in [1.165, 1.54) is 18.2 Å². The number of hydrogen-bond acceptors (Lipinski definition) is 1. The molecule has 0 saturated heterocycles. The van der Waals surface area contributed by atoms with Crippen LogP contribution in [0.3, 0.4) is 0 Å². The lowest BCUT2D eigenvalue weighted by molar-refractivity contribution is 0.311. The molecule has 1 aliphatic rings. The van der Waals surface area contributed by atoms with Gasteiger partial charge in [-0.15, -0.1) is 0 Å². The Kier molecular flexibility index (Phi) is 6.33. The lowest BCUT2D eigenvalue weighted by Crippen LogP contribution is -2.13. The summed E-state index contributed by atoms with van der Waals surface area (Å²) in [6.45, 7) is 0. The summed E-state index contributed by atoms with van der Waals surface area (Å²) in [6, 6.07) is 6.25. The minimum absolute atomic E-state index is 0.362. The van der Waals surface area contributed by atoms with Crippen LogP contribution in [0.2, 0.25) is 0 Å². The molecule has 0 bridgehead atoms. The van der Waals surface area contributed by atoms with Crippen molar-refractivity contribution in [1.29, 1.82) is 5.26 Å². The molecular weight excluding hydrogens is 280 g/mol. The minimum Gasteiger partial charge on any atom is -0.204 e. The van der Waals surface area contributed by atoms with Crippen LogP contribution in [0.1, 0.15) is 50.0 Å². The number of nitriles is 1. The van der Waals surface area contributed by atoms with E-state index in [0.717, 1.165) is 44.1 Å².